The van der Waals surface area contributed by atoms with Crippen molar-refractivity contribution in [2.24, 2.45) is 5.73 Å². The highest BCUT2D eigenvalue weighted by molar-refractivity contribution is 4.76. The highest BCUT2D eigenvalue weighted by Gasteiger charge is 2.26. The molecule has 1 aliphatic rings. The number of hydrogen-bond acceptors (Lipinski definition) is 5. The van der Waals surface area contributed by atoms with Crippen LogP contribution < -0.4 is 11.1 Å². The Bertz CT molecular complexity index is 145. The minimum absolute atomic E-state index is 0.0151. The fourth-order valence-corrected chi connectivity index (χ4v) is 1.38. The molecule has 5 heteroatoms. The maximum atomic E-state index is 9.28. The average Bonchev–Trinajstić information content (AvgIpc) is 2.12. The molecule has 1 rings (SSSR count). The Kier molecular flexibility index (Phi) is 4.61. The first-order valence-electron chi connectivity index (χ1n) is 4.64. The lowest BCUT2D eigenvalue weighted by Gasteiger charge is -2.31. The van der Waals surface area contributed by atoms with E-state index in [1.54, 1.807) is 0 Å². The van der Waals surface area contributed by atoms with E-state index in [4.69, 9.17) is 15.6 Å². The molecule has 1 saturated heterocycles. The van der Waals surface area contributed by atoms with Crippen LogP contribution in [0, 0.1) is 0 Å². The monoisotopic (exact) mass is 190 g/mol. The molecule has 3 atom stereocenters. The summed E-state index contributed by atoms with van der Waals surface area (Å²) in [6.45, 7) is 1.33. The summed E-state index contributed by atoms with van der Waals surface area (Å²) < 4.78 is 5.23. The number of nitrogens with one attached hydrogen (secondary N) is 1. The Morgan fingerprint density at radius 3 is 2.85 bits per heavy atom. The van der Waals surface area contributed by atoms with Gasteiger partial charge in [-0.1, -0.05) is 0 Å². The Balaban J connectivity index is 2.14. The van der Waals surface area contributed by atoms with Crippen LogP contribution in [0.25, 0.3) is 0 Å². The molecule has 1 fully saturated rings. The Hall–Kier alpha value is -0.200. The molecule has 0 unspecified atom stereocenters. The molecule has 0 aromatic carbocycles. The van der Waals surface area contributed by atoms with Gasteiger partial charge in [0, 0.05) is 13.1 Å². The number of aliphatic hydroxyl groups is 2. The van der Waals surface area contributed by atoms with Crippen LogP contribution in [-0.2, 0) is 4.74 Å². The van der Waals surface area contributed by atoms with Gasteiger partial charge in [0.1, 0.15) is 0 Å². The normalized spacial score (nSPS) is 34.8. The van der Waals surface area contributed by atoms with Gasteiger partial charge in [-0.25, -0.2) is 0 Å². The van der Waals surface area contributed by atoms with Crippen molar-refractivity contribution in [3.63, 3.8) is 0 Å². The second-order valence-corrected chi connectivity index (χ2v) is 3.32. The number of aliphatic hydroxyl groups excluding tert-OH is 2. The molecule has 13 heavy (non-hydrogen) atoms. The lowest BCUT2D eigenvalue weighted by molar-refractivity contribution is -0.170. The highest BCUT2D eigenvalue weighted by atomic mass is 16.6. The van der Waals surface area contributed by atoms with Gasteiger partial charge in [0.05, 0.1) is 18.8 Å². The summed E-state index contributed by atoms with van der Waals surface area (Å²) >= 11 is 0. The molecule has 0 aromatic rings. The average molecular weight is 190 g/mol. The molecule has 5 nitrogen and oxygen atoms in total. The van der Waals surface area contributed by atoms with Gasteiger partial charge in [0.25, 0.3) is 0 Å². The van der Waals surface area contributed by atoms with Gasteiger partial charge in [-0.2, -0.15) is 0 Å². The van der Waals surface area contributed by atoms with E-state index >= 15 is 0 Å². The van der Waals surface area contributed by atoms with Crippen LogP contribution in [0.3, 0.4) is 0 Å². The minimum Gasteiger partial charge on any atom is -0.395 e. The molecule has 0 amide bonds. The van der Waals surface area contributed by atoms with Gasteiger partial charge in [-0.05, 0) is 12.8 Å². The fourth-order valence-electron chi connectivity index (χ4n) is 1.38. The van der Waals surface area contributed by atoms with Crippen molar-refractivity contribution in [3.05, 3.63) is 0 Å². The molecule has 0 radical (unpaired) electrons. The number of hydrogen-bond donors (Lipinski definition) is 4. The maximum absolute atomic E-state index is 9.28. The molecule has 5 N–H and O–H groups in total. The molecule has 0 spiro atoms. The van der Waals surface area contributed by atoms with E-state index in [-0.39, 0.29) is 18.8 Å². The molecule has 1 aliphatic heterocycles. The summed E-state index contributed by atoms with van der Waals surface area (Å²) in [5.74, 6) is 0. The van der Waals surface area contributed by atoms with Crippen LogP contribution >= 0.6 is 0 Å². The van der Waals surface area contributed by atoms with Crippen LogP contribution in [0.4, 0.5) is 0 Å². The fraction of sp³-hybridized carbons (Fsp3) is 1.00. The van der Waals surface area contributed by atoms with Crippen LogP contribution in [-0.4, -0.2) is 48.3 Å². The summed E-state index contributed by atoms with van der Waals surface area (Å²) in [5.41, 5.74) is 5.56. The first kappa shape index (κ1) is 10.9. The van der Waals surface area contributed by atoms with E-state index < -0.39 is 6.29 Å². The molecule has 0 bridgehead atoms. The van der Waals surface area contributed by atoms with E-state index in [9.17, 15) is 5.11 Å². The predicted molar refractivity (Wildman–Crippen MR) is 48.0 cm³/mol. The van der Waals surface area contributed by atoms with E-state index in [0.29, 0.717) is 13.1 Å². The predicted octanol–water partition coefficient (Wildman–Crippen LogP) is -1.61. The van der Waals surface area contributed by atoms with Crippen molar-refractivity contribution in [2.75, 3.05) is 19.7 Å². The third kappa shape index (κ3) is 3.58. The van der Waals surface area contributed by atoms with Crippen molar-refractivity contribution in [2.45, 2.75) is 31.3 Å². The van der Waals surface area contributed by atoms with Gasteiger partial charge < -0.3 is 26.0 Å². The smallest absolute Gasteiger partial charge is 0.170 e. The first-order chi connectivity index (χ1) is 6.24. The van der Waals surface area contributed by atoms with Crippen molar-refractivity contribution >= 4 is 0 Å². The van der Waals surface area contributed by atoms with E-state index in [0.717, 1.165) is 12.8 Å². The zero-order valence-electron chi connectivity index (χ0n) is 7.65. The minimum atomic E-state index is -0.838. The molecule has 1 heterocycles. The standard InChI is InChI=1S/C8H18N2O3/c9-7-2-1-6(13-8(7)12)5-10-3-4-11/h6-8,10-12H,1-5,9H2/t6-,7+,8-/m0/s1. The third-order valence-corrected chi connectivity index (χ3v) is 2.18. The van der Waals surface area contributed by atoms with Gasteiger partial charge in [0.15, 0.2) is 6.29 Å². The summed E-state index contributed by atoms with van der Waals surface area (Å²) in [7, 11) is 0. The van der Waals surface area contributed by atoms with Crippen molar-refractivity contribution in [1.29, 1.82) is 0 Å². The summed E-state index contributed by atoms with van der Waals surface area (Å²) in [6, 6.07) is -0.255. The molecule has 78 valence electrons. The molecule has 0 aliphatic carbocycles. The van der Waals surface area contributed by atoms with Crippen LogP contribution in [0.15, 0.2) is 0 Å². The maximum Gasteiger partial charge on any atom is 0.170 e. The van der Waals surface area contributed by atoms with Gasteiger partial charge in [-0.15, -0.1) is 0 Å². The van der Waals surface area contributed by atoms with Crippen molar-refractivity contribution in [3.8, 4) is 0 Å². The second-order valence-electron chi connectivity index (χ2n) is 3.32. The van der Waals surface area contributed by atoms with Crippen LogP contribution in [0.2, 0.25) is 0 Å². The Labute approximate surface area is 77.9 Å². The number of ether oxygens (including phenoxy) is 1. The zero-order valence-corrected chi connectivity index (χ0v) is 7.65. The SMILES string of the molecule is N[C@@H]1CC[C@@H](CNCCO)O[C@@H]1O. The van der Waals surface area contributed by atoms with Gasteiger partial charge in [-0.3, -0.25) is 0 Å². The second kappa shape index (κ2) is 5.51. The number of rotatable bonds is 4. The molecular formula is C8H18N2O3. The molecule has 0 aromatic heterocycles. The van der Waals surface area contributed by atoms with Gasteiger partial charge >= 0.3 is 0 Å². The summed E-state index contributed by atoms with van der Waals surface area (Å²) in [6.07, 6.45) is 0.819. The third-order valence-electron chi connectivity index (χ3n) is 2.18. The molecular weight excluding hydrogens is 172 g/mol. The van der Waals surface area contributed by atoms with Crippen LogP contribution in [0.1, 0.15) is 12.8 Å². The van der Waals surface area contributed by atoms with Crippen molar-refractivity contribution in [1.82, 2.24) is 5.32 Å². The first-order valence-corrected chi connectivity index (χ1v) is 4.64. The van der Waals surface area contributed by atoms with E-state index in [2.05, 4.69) is 5.32 Å². The van der Waals surface area contributed by atoms with E-state index in [1.807, 2.05) is 0 Å². The largest absolute Gasteiger partial charge is 0.395 e. The quantitative estimate of drug-likeness (QED) is 0.401. The lowest BCUT2D eigenvalue weighted by Crippen LogP contribution is -2.47. The Morgan fingerprint density at radius 2 is 2.23 bits per heavy atom. The highest BCUT2D eigenvalue weighted by Crippen LogP contribution is 2.15. The summed E-state index contributed by atoms with van der Waals surface area (Å²) in [5, 5.41) is 20.8. The lowest BCUT2D eigenvalue weighted by atomic mass is 10.0. The van der Waals surface area contributed by atoms with Crippen LogP contribution in [0.5, 0.6) is 0 Å². The summed E-state index contributed by atoms with van der Waals surface area (Å²) in [4.78, 5) is 0. The van der Waals surface area contributed by atoms with Gasteiger partial charge in [0.2, 0.25) is 0 Å². The zero-order chi connectivity index (χ0) is 9.68. The molecule has 0 saturated carbocycles. The van der Waals surface area contributed by atoms with Crippen molar-refractivity contribution < 1.29 is 14.9 Å². The van der Waals surface area contributed by atoms with E-state index in [1.165, 1.54) is 0 Å². The topological polar surface area (TPSA) is 87.7 Å². The Morgan fingerprint density at radius 1 is 1.46 bits per heavy atom. The number of nitrogens with two attached hydrogens (primary N) is 1.